The van der Waals surface area contributed by atoms with Crippen molar-refractivity contribution in [2.45, 2.75) is 39.3 Å². The lowest BCUT2D eigenvalue weighted by atomic mass is 10.0. The third kappa shape index (κ3) is 2.62. The lowest BCUT2D eigenvalue weighted by Gasteiger charge is -2.20. The summed E-state index contributed by atoms with van der Waals surface area (Å²) < 4.78 is 5.34. The van der Waals surface area contributed by atoms with Crippen molar-refractivity contribution in [3.05, 3.63) is 35.9 Å². The Labute approximate surface area is 113 Å². The Bertz CT molecular complexity index is 495. The van der Waals surface area contributed by atoms with Gasteiger partial charge in [0.15, 0.2) is 0 Å². The van der Waals surface area contributed by atoms with Crippen molar-refractivity contribution in [2.24, 2.45) is 5.41 Å². The first-order valence-electron chi connectivity index (χ1n) is 6.37. The molecule has 0 bridgehead atoms. The number of hydrogen-bond donors (Lipinski definition) is 1. The molecule has 1 aromatic rings. The van der Waals surface area contributed by atoms with Gasteiger partial charge in [0, 0.05) is 12.3 Å². The van der Waals surface area contributed by atoms with Gasteiger partial charge in [0.2, 0.25) is 5.91 Å². The first-order chi connectivity index (χ1) is 8.87. The molecule has 4 heteroatoms. The summed E-state index contributed by atoms with van der Waals surface area (Å²) in [6, 6.07) is 9.50. The normalized spacial score (nSPS) is 23.5. The predicted octanol–water partition coefficient (Wildman–Crippen LogP) is 2.03. The number of benzene rings is 1. The van der Waals surface area contributed by atoms with Gasteiger partial charge in [-0.2, -0.15) is 0 Å². The maximum Gasteiger partial charge on any atom is 0.332 e. The van der Waals surface area contributed by atoms with Crippen molar-refractivity contribution in [1.82, 2.24) is 5.32 Å². The van der Waals surface area contributed by atoms with Crippen molar-refractivity contribution in [1.29, 1.82) is 0 Å². The van der Waals surface area contributed by atoms with Crippen LogP contribution in [0.5, 0.6) is 0 Å². The maximum atomic E-state index is 12.2. The summed E-state index contributed by atoms with van der Waals surface area (Å²) >= 11 is 0. The van der Waals surface area contributed by atoms with E-state index >= 15 is 0 Å². The smallest absolute Gasteiger partial charge is 0.332 e. The van der Waals surface area contributed by atoms with Crippen LogP contribution in [0.25, 0.3) is 0 Å². The molecule has 2 rings (SSSR count). The van der Waals surface area contributed by atoms with Gasteiger partial charge in [-0.3, -0.25) is 4.79 Å². The zero-order valence-electron chi connectivity index (χ0n) is 11.5. The molecule has 1 atom stereocenters. The largest absolute Gasteiger partial charge is 0.459 e. The minimum absolute atomic E-state index is 0.206. The highest BCUT2D eigenvalue weighted by atomic mass is 16.5. The van der Waals surface area contributed by atoms with Crippen LogP contribution < -0.4 is 5.32 Å². The summed E-state index contributed by atoms with van der Waals surface area (Å²) in [5, 5.41) is 2.74. The molecular weight excluding hydrogens is 242 g/mol. The Hall–Kier alpha value is -1.84. The average Bonchev–Trinajstić information content (AvgIpc) is 2.89. The van der Waals surface area contributed by atoms with Crippen LogP contribution in [-0.4, -0.2) is 17.4 Å². The van der Waals surface area contributed by atoms with E-state index in [1.54, 1.807) is 0 Å². The Morgan fingerprint density at radius 3 is 2.32 bits per heavy atom. The second-order valence-corrected chi connectivity index (χ2v) is 5.71. The first kappa shape index (κ1) is 13.6. The molecule has 1 aliphatic rings. The summed E-state index contributed by atoms with van der Waals surface area (Å²) in [6.07, 6.45) is 0.618. The molecule has 1 fully saturated rings. The molecule has 1 saturated carbocycles. The van der Waals surface area contributed by atoms with Crippen LogP contribution in [0.1, 0.15) is 32.8 Å². The molecule has 1 aliphatic carbocycles. The monoisotopic (exact) mass is 261 g/mol. The van der Waals surface area contributed by atoms with Gasteiger partial charge in [0.1, 0.15) is 12.1 Å². The van der Waals surface area contributed by atoms with Gasteiger partial charge in [0.25, 0.3) is 0 Å². The molecular formula is C15H19NO3. The maximum absolute atomic E-state index is 12.2. The topological polar surface area (TPSA) is 55.4 Å². The van der Waals surface area contributed by atoms with Crippen molar-refractivity contribution >= 4 is 11.9 Å². The van der Waals surface area contributed by atoms with E-state index in [4.69, 9.17) is 4.74 Å². The molecule has 1 N–H and O–H groups in total. The van der Waals surface area contributed by atoms with E-state index < -0.39 is 5.54 Å². The highest BCUT2D eigenvalue weighted by Crippen LogP contribution is 2.56. The van der Waals surface area contributed by atoms with Gasteiger partial charge in [-0.15, -0.1) is 0 Å². The summed E-state index contributed by atoms with van der Waals surface area (Å²) in [5.41, 5.74) is -0.160. The third-order valence-corrected chi connectivity index (χ3v) is 3.69. The fourth-order valence-electron chi connectivity index (χ4n) is 2.38. The van der Waals surface area contributed by atoms with Gasteiger partial charge in [0.05, 0.1) is 0 Å². The number of amides is 1. The summed E-state index contributed by atoms with van der Waals surface area (Å²) in [6.45, 7) is 5.55. The van der Waals surface area contributed by atoms with Gasteiger partial charge < -0.3 is 10.1 Å². The second-order valence-electron chi connectivity index (χ2n) is 5.71. The first-order valence-corrected chi connectivity index (χ1v) is 6.37. The molecule has 1 amide bonds. The number of hydrogen-bond acceptors (Lipinski definition) is 3. The molecule has 0 aliphatic heterocycles. The Morgan fingerprint density at radius 2 is 1.84 bits per heavy atom. The van der Waals surface area contributed by atoms with Crippen molar-refractivity contribution in [2.75, 3.05) is 0 Å². The number of ether oxygens (including phenoxy) is 1. The lowest BCUT2D eigenvalue weighted by molar-refractivity contribution is -0.151. The minimum atomic E-state index is -0.854. The molecule has 0 heterocycles. The lowest BCUT2D eigenvalue weighted by Crippen LogP contribution is -2.46. The number of carbonyl (C=O) groups is 2. The minimum Gasteiger partial charge on any atom is -0.459 e. The fourth-order valence-corrected chi connectivity index (χ4v) is 2.38. The number of rotatable bonds is 4. The van der Waals surface area contributed by atoms with E-state index in [2.05, 4.69) is 5.32 Å². The van der Waals surface area contributed by atoms with Gasteiger partial charge in [-0.1, -0.05) is 44.2 Å². The van der Waals surface area contributed by atoms with Crippen LogP contribution in [0.3, 0.4) is 0 Å². The van der Waals surface area contributed by atoms with Crippen LogP contribution in [0.4, 0.5) is 0 Å². The van der Waals surface area contributed by atoms with Crippen molar-refractivity contribution < 1.29 is 14.3 Å². The van der Waals surface area contributed by atoms with Gasteiger partial charge in [-0.25, -0.2) is 4.79 Å². The van der Waals surface area contributed by atoms with Crippen LogP contribution in [0.15, 0.2) is 30.3 Å². The molecule has 0 spiro atoms. The SMILES string of the molecule is CC(=O)N[C@@]1(C(=O)OCc2ccccc2)CC1(C)C. The molecule has 0 saturated heterocycles. The molecule has 0 radical (unpaired) electrons. The van der Waals surface area contributed by atoms with Crippen LogP contribution in [0.2, 0.25) is 0 Å². The third-order valence-electron chi connectivity index (χ3n) is 3.69. The highest BCUT2D eigenvalue weighted by Gasteiger charge is 2.68. The average molecular weight is 261 g/mol. The van der Waals surface area contributed by atoms with Crippen molar-refractivity contribution in [3.63, 3.8) is 0 Å². The zero-order chi connectivity index (χ0) is 14.1. The molecule has 4 nitrogen and oxygen atoms in total. The summed E-state index contributed by atoms with van der Waals surface area (Å²) in [5.74, 6) is -0.557. The van der Waals surface area contributed by atoms with Gasteiger partial charge in [-0.05, 0) is 12.0 Å². The van der Waals surface area contributed by atoms with E-state index in [9.17, 15) is 9.59 Å². The van der Waals surface area contributed by atoms with Crippen LogP contribution in [0, 0.1) is 5.41 Å². The number of carbonyl (C=O) groups excluding carboxylic acids is 2. The standard InChI is InChI=1S/C15H19NO3/c1-11(17)16-15(10-14(15,2)3)13(18)19-9-12-7-5-4-6-8-12/h4-8H,9-10H2,1-3H3,(H,16,17)/t15-/m1/s1. The molecule has 0 unspecified atom stereocenters. The summed E-state index contributed by atoms with van der Waals surface area (Å²) in [4.78, 5) is 23.5. The molecule has 19 heavy (non-hydrogen) atoms. The number of esters is 1. The van der Waals surface area contributed by atoms with E-state index in [-0.39, 0.29) is 23.9 Å². The van der Waals surface area contributed by atoms with E-state index in [1.807, 2.05) is 44.2 Å². The fraction of sp³-hybridized carbons (Fsp3) is 0.467. The van der Waals surface area contributed by atoms with Crippen LogP contribution in [-0.2, 0) is 20.9 Å². The predicted molar refractivity (Wildman–Crippen MR) is 71.2 cm³/mol. The quantitative estimate of drug-likeness (QED) is 0.844. The Kier molecular flexibility index (Phi) is 3.35. The van der Waals surface area contributed by atoms with Crippen molar-refractivity contribution in [3.8, 4) is 0 Å². The van der Waals surface area contributed by atoms with Gasteiger partial charge >= 0.3 is 5.97 Å². The van der Waals surface area contributed by atoms with E-state index in [0.717, 1.165) is 5.56 Å². The van der Waals surface area contributed by atoms with E-state index in [0.29, 0.717) is 6.42 Å². The Morgan fingerprint density at radius 1 is 1.26 bits per heavy atom. The highest BCUT2D eigenvalue weighted by molar-refractivity contribution is 5.91. The zero-order valence-corrected chi connectivity index (χ0v) is 11.5. The molecule has 102 valence electrons. The second kappa shape index (κ2) is 4.68. The molecule has 1 aromatic carbocycles. The number of nitrogens with one attached hydrogen (secondary N) is 1. The summed E-state index contributed by atoms with van der Waals surface area (Å²) in [7, 11) is 0. The van der Waals surface area contributed by atoms with Crippen LogP contribution >= 0.6 is 0 Å². The van der Waals surface area contributed by atoms with E-state index in [1.165, 1.54) is 6.92 Å². The molecule has 0 aromatic heterocycles. The Balaban J connectivity index is 2.01.